The third-order valence-electron chi connectivity index (χ3n) is 3.74. The molecule has 152 valence electrons. The number of carbonyl (C=O) groups is 3. The Kier molecular flexibility index (Phi) is 7.97. The molecule has 0 fully saturated rings. The van der Waals surface area contributed by atoms with Gasteiger partial charge in [-0.1, -0.05) is 42.5 Å². The quantitative estimate of drug-likeness (QED) is 0.528. The molecule has 7 nitrogen and oxygen atoms in total. The molecule has 0 radical (unpaired) electrons. The highest BCUT2D eigenvalue weighted by Crippen LogP contribution is 2.24. The molecule has 0 aromatic heterocycles. The number of hydrogen-bond acceptors (Lipinski definition) is 5. The second kappa shape index (κ2) is 10.7. The third kappa shape index (κ3) is 6.80. The van der Waals surface area contributed by atoms with E-state index in [2.05, 4.69) is 10.6 Å². The van der Waals surface area contributed by atoms with Crippen molar-refractivity contribution in [2.75, 3.05) is 11.9 Å². The Morgan fingerprint density at radius 2 is 1.69 bits per heavy atom. The summed E-state index contributed by atoms with van der Waals surface area (Å²) in [6.45, 7) is 5.02. The molecule has 0 saturated carbocycles. The minimum Gasteiger partial charge on any atom is -0.492 e. The van der Waals surface area contributed by atoms with Gasteiger partial charge >= 0.3 is 5.97 Å². The predicted molar refractivity (Wildman–Crippen MR) is 110 cm³/mol. The first kappa shape index (κ1) is 21.7. The highest BCUT2D eigenvalue weighted by atomic mass is 16.5. The second-order valence-corrected chi connectivity index (χ2v) is 6.12. The van der Waals surface area contributed by atoms with E-state index in [4.69, 9.17) is 9.47 Å². The SMILES string of the molecule is CCOc1ccccc1NC(=O)[C@H](C)OC(=O)/C(=C/c1ccccc1)NC(C)=O. The van der Waals surface area contributed by atoms with Crippen LogP contribution in [0.1, 0.15) is 26.3 Å². The van der Waals surface area contributed by atoms with E-state index < -0.39 is 23.9 Å². The Hall–Kier alpha value is -3.61. The summed E-state index contributed by atoms with van der Waals surface area (Å²) in [4.78, 5) is 36.4. The average Bonchev–Trinajstić information content (AvgIpc) is 2.69. The number of benzene rings is 2. The van der Waals surface area contributed by atoms with Crippen molar-refractivity contribution in [3.8, 4) is 5.75 Å². The van der Waals surface area contributed by atoms with E-state index in [9.17, 15) is 14.4 Å². The van der Waals surface area contributed by atoms with Crippen LogP contribution in [0.3, 0.4) is 0 Å². The Bertz CT molecular complexity index is 893. The number of nitrogens with one attached hydrogen (secondary N) is 2. The topological polar surface area (TPSA) is 93.7 Å². The minimum absolute atomic E-state index is 0.0573. The second-order valence-electron chi connectivity index (χ2n) is 6.12. The highest BCUT2D eigenvalue weighted by molar-refractivity contribution is 6.01. The summed E-state index contributed by atoms with van der Waals surface area (Å²) in [5.41, 5.74) is 1.12. The zero-order chi connectivity index (χ0) is 21.2. The van der Waals surface area contributed by atoms with Crippen LogP contribution in [0.4, 0.5) is 5.69 Å². The Morgan fingerprint density at radius 3 is 2.34 bits per heavy atom. The number of esters is 1. The van der Waals surface area contributed by atoms with Crippen LogP contribution < -0.4 is 15.4 Å². The van der Waals surface area contributed by atoms with Crippen LogP contribution >= 0.6 is 0 Å². The van der Waals surface area contributed by atoms with E-state index in [-0.39, 0.29) is 5.70 Å². The summed E-state index contributed by atoms with van der Waals surface area (Å²) >= 11 is 0. The van der Waals surface area contributed by atoms with Crippen LogP contribution in [0.15, 0.2) is 60.3 Å². The van der Waals surface area contributed by atoms with Crippen LogP contribution in [0.5, 0.6) is 5.75 Å². The molecule has 29 heavy (non-hydrogen) atoms. The minimum atomic E-state index is -1.09. The van der Waals surface area contributed by atoms with Crippen LogP contribution in [0.2, 0.25) is 0 Å². The number of carbonyl (C=O) groups excluding carboxylic acids is 3. The molecule has 0 unspecified atom stereocenters. The van der Waals surface area contributed by atoms with Gasteiger partial charge < -0.3 is 20.1 Å². The number of rotatable bonds is 8. The number of hydrogen-bond donors (Lipinski definition) is 2. The maximum atomic E-state index is 12.5. The molecule has 0 spiro atoms. The first-order chi connectivity index (χ1) is 13.9. The summed E-state index contributed by atoms with van der Waals surface area (Å²) < 4.78 is 10.7. The summed E-state index contributed by atoms with van der Waals surface area (Å²) in [5.74, 6) is -1.24. The lowest BCUT2D eigenvalue weighted by Crippen LogP contribution is -2.33. The largest absolute Gasteiger partial charge is 0.492 e. The number of amides is 2. The molecule has 2 rings (SSSR count). The molecule has 2 N–H and O–H groups in total. The van der Waals surface area contributed by atoms with E-state index in [0.717, 1.165) is 0 Å². The Balaban J connectivity index is 2.09. The average molecular weight is 396 g/mol. The van der Waals surface area contributed by atoms with Crippen LogP contribution in [0.25, 0.3) is 6.08 Å². The molecular formula is C22H24N2O5. The number of para-hydroxylation sites is 2. The summed E-state index contributed by atoms with van der Waals surface area (Å²) in [7, 11) is 0. The monoisotopic (exact) mass is 396 g/mol. The fourth-order valence-corrected chi connectivity index (χ4v) is 2.41. The van der Waals surface area contributed by atoms with Gasteiger partial charge in [0.15, 0.2) is 6.10 Å². The van der Waals surface area contributed by atoms with E-state index in [1.165, 1.54) is 19.9 Å². The number of anilines is 1. The van der Waals surface area contributed by atoms with E-state index in [1.54, 1.807) is 48.5 Å². The lowest BCUT2D eigenvalue weighted by atomic mass is 10.2. The molecule has 0 aliphatic carbocycles. The summed E-state index contributed by atoms with van der Waals surface area (Å²) in [5, 5.41) is 5.13. The van der Waals surface area contributed by atoms with Gasteiger partial charge in [0.25, 0.3) is 5.91 Å². The summed E-state index contributed by atoms with van der Waals surface area (Å²) in [6, 6.07) is 15.9. The van der Waals surface area contributed by atoms with E-state index in [0.29, 0.717) is 23.6 Å². The molecule has 0 heterocycles. The summed E-state index contributed by atoms with van der Waals surface area (Å²) in [6.07, 6.45) is 0.392. The van der Waals surface area contributed by atoms with Gasteiger partial charge in [-0.3, -0.25) is 9.59 Å². The number of ether oxygens (including phenoxy) is 2. The molecule has 0 bridgehead atoms. The third-order valence-corrected chi connectivity index (χ3v) is 3.74. The maximum Gasteiger partial charge on any atom is 0.355 e. The van der Waals surface area contributed by atoms with Gasteiger partial charge in [0.1, 0.15) is 11.4 Å². The lowest BCUT2D eigenvalue weighted by Gasteiger charge is -2.16. The van der Waals surface area contributed by atoms with E-state index in [1.807, 2.05) is 13.0 Å². The first-order valence-electron chi connectivity index (χ1n) is 9.18. The van der Waals surface area contributed by atoms with Crippen molar-refractivity contribution in [2.24, 2.45) is 0 Å². The van der Waals surface area contributed by atoms with Crippen LogP contribution in [-0.4, -0.2) is 30.5 Å². The fraction of sp³-hybridized carbons (Fsp3) is 0.227. The molecule has 0 saturated heterocycles. The first-order valence-corrected chi connectivity index (χ1v) is 9.18. The van der Waals surface area contributed by atoms with Crippen molar-refractivity contribution in [1.29, 1.82) is 0 Å². The molecule has 2 aromatic rings. The van der Waals surface area contributed by atoms with Crippen molar-refractivity contribution >= 4 is 29.5 Å². The van der Waals surface area contributed by atoms with Crippen molar-refractivity contribution in [2.45, 2.75) is 26.9 Å². The standard InChI is InChI=1S/C22H24N2O5/c1-4-28-20-13-9-8-12-18(20)24-21(26)15(2)29-22(27)19(23-16(3)25)14-17-10-6-5-7-11-17/h5-15H,4H2,1-3H3,(H,23,25)(H,24,26)/b19-14-/t15-/m0/s1. The Morgan fingerprint density at radius 1 is 1.03 bits per heavy atom. The maximum absolute atomic E-state index is 12.5. The normalized spacial score (nSPS) is 11.9. The lowest BCUT2D eigenvalue weighted by molar-refractivity contribution is -0.149. The molecule has 0 aliphatic rings. The smallest absolute Gasteiger partial charge is 0.355 e. The van der Waals surface area contributed by atoms with Gasteiger partial charge in [-0.15, -0.1) is 0 Å². The molecule has 1 atom stereocenters. The zero-order valence-corrected chi connectivity index (χ0v) is 16.6. The molecule has 7 heteroatoms. The van der Waals surface area contributed by atoms with Gasteiger partial charge in [-0.25, -0.2) is 4.79 Å². The predicted octanol–water partition coefficient (Wildman–Crippen LogP) is 3.13. The molecule has 0 aliphatic heterocycles. The molecular weight excluding hydrogens is 372 g/mol. The van der Waals surface area contributed by atoms with Gasteiger partial charge in [-0.2, -0.15) is 0 Å². The van der Waals surface area contributed by atoms with Crippen molar-refractivity contribution in [1.82, 2.24) is 5.32 Å². The van der Waals surface area contributed by atoms with Gasteiger partial charge in [0.05, 0.1) is 12.3 Å². The molecule has 2 amide bonds. The van der Waals surface area contributed by atoms with Crippen molar-refractivity contribution in [3.63, 3.8) is 0 Å². The van der Waals surface area contributed by atoms with Crippen molar-refractivity contribution in [3.05, 3.63) is 65.9 Å². The van der Waals surface area contributed by atoms with Crippen molar-refractivity contribution < 1.29 is 23.9 Å². The Labute approximate surface area is 169 Å². The van der Waals surface area contributed by atoms with E-state index >= 15 is 0 Å². The van der Waals surface area contributed by atoms with Gasteiger partial charge in [-0.05, 0) is 37.6 Å². The van der Waals surface area contributed by atoms with Gasteiger partial charge in [0.2, 0.25) is 5.91 Å². The van der Waals surface area contributed by atoms with Crippen LogP contribution in [0, 0.1) is 0 Å². The van der Waals surface area contributed by atoms with Crippen LogP contribution in [-0.2, 0) is 19.1 Å². The molecule has 2 aromatic carbocycles. The van der Waals surface area contributed by atoms with Gasteiger partial charge in [0, 0.05) is 6.92 Å². The highest BCUT2D eigenvalue weighted by Gasteiger charge is 2.22. The fourth-order valence-electron chi connectivity index (χ4n) is 2.41. The zero-order valence-electron chi connectivity index (χ0n) is 16.6.